The first-order valence-electron chi connectivity index (χ1n) is 13.2. The van der Waals surface area contributed by atoms with Crippen molar-refractivity contribution in [3.8, 4) is 0 Å². The molecule has 7 rings (SSSR count). The van der Waals surface area contributed by atoms with Gasteiger partial charge in [0, 0.05) is 29.5 Å². The summed E-state index contributed by atoms with van der Waals surface area (Å²) in [7, 11) is 0. The summed E-state index contributed by atoms with van der Waals surface area (Å²) in [4.78, 5) is 25.0. The Kier molecular flexibility index (Phi) is 5.60. The first-order chi connectivity index (χ1) is 17.7. The third kappa shape index (κ3) is 4.19. The molecule has 7 nitrogen and oxygen atoms in total. The van der Waals surface area contributed by atoms with Crippen molar-refractivity contribution >= 4 is 28.5 Å². The molecule has 0 amide bonds. The Balaban J connectivity index is 1.37. The van der Waals surface area contributed by atoms with Crippen molar-refractivity contribution in [2.75, 3.05) is 17.2 Å². The number of carboxylic acid groups (broad SMARTS) is 1. The predicted octanol–water partition coefficient (Wildman–Crippen LogP) is 5.72. The molecule has 0 spiro atoms. The van der Waals surface area contributed by atoms with E-state index in [0.29, 0.717) is 34.4 Å². The number of anilines is 2. The van der Waals surface area contributed by atoms with Gasteiger partial charge in [-0.1, -0.05) is 18.2 Å². The molecule has 4 fully saturated rings. The van der Waals surface area contributed by atoms with E-state index < -0.39 is 5.97 Å². The van der Waals surface area contributed by atoms with E-state index in [1.54, 1.807) is 30.3 Å². The molecule has 1 heterocycles. The lowest BCUT2D eigenvalue weighted by Gasteiger charge is -2.61. The van der Waals surface area contributed by atoms with E-state index >= 15 is 0 Å². The second kappa shape index (κ2) is 8.62. The van der Waals surface area contributed by atoms with Crippen LogP contribution < -0.4 is 16.1 Å². The molecule has 4 N–H and O–H groups in total. The van der Waals surface area contributed by atoms with Crippen molar-refractivity contribution in [1.29, 1.82) is 0 Å². The second-order valence-corrected chi connectivity index (χ2v) is 11.9. The van der Waals surface area contributed by atoms with E-state index in [9.17, 15) is 19.8 Å². The Morgan fingerprint density at radius 2 is 1.86 bits per heavy atom. The molecular formula is C30H34N2O5. The van der Waals surface area contributed by atoms with Crippen LogP contribution in [-0.4, -0.2) is 28.3 Å². The number of rotatable bonds is 7. The largest absolute Gasteiger partial charge is 0.478 e. The summed E-state index contributed by atoms with van der Waals surface area (Å²) in [6, 6.07) is 11.9. The van der Waals surface area contributed by atoms with Crippen molar-refractivity contribution < 1.29 is 19.4 Å². The molecule has 1 aromatic heterocycles. The molecule has 4 bridgehead atoms. The molecule has 4 aliphatic rings. The third-order valence-electron chi connectivity index (χ3n) is 8.90. The minimum Gasteiger partial charge on any atom is -0.478 e. The maximum Gasteiger partial charge on any atom is 0.337 e. The maximum absolute atomic E-state index is 13.3. The van der Waals surface area contributed by atoms with Gasteiger partial charge in [-0.3, -0.25) is 4.79 Å². The molecule has 3 atom stereocenters. The maximum atomic E-state index is 13.3. The quantitative estimate of drug-likeness (QED) is 0.327. The van der Waals surface area contributed by atoms with Crippen LogP contribution in [0.5, 0.6) is 0 Å². The monoisotopic (exact) mass is 502 g/mol. The lowest BCUT2D eigenvalue weighted by Crippen LogP contribution is -2.60. The van der Waals surface area contributed by atoms with Crippen molar-refractivity contribution in [1.82, 2.24) is 0 Å². The fourth-order valence-corrected chi connectivity index (χ4v) is 7.97. The van der Waals surface area contributed by atoms with Crippen molar-refractivity contribution in [3.63, 3.8) is 0 Å². The minimum atomic E-state index is -1.00. The van der Waals surface area contributed by atoms with Crippen LogP contribution >= 0.6 is 0 Å². The van der Waals surface area contributed by atoms with Crippen molar-refractivity contribution in [3.05, 3.63) is 69.4 Å². The van der Waals surface area contributed by atoms with E-state index in [1.807, 2.05) is 26.0 Å². The lowest BCUT2D eigenvalue weighted by molar-refractivity contribution is -0.0852. The van der Waals surface area contributed by atoms with Gasteiger partial charge >= 0.3 is 5.97 Å². The van der Waals surface area contributed by atoms with Gasteiger partial charge in [0.25, 0.3) is 0 Å². The lowest BCUT2D eigenvalue weighted by atomic mass is 9.47. The highest BCUT2D eigenvalue weighted by atomic mass is 16.4. The summed E-state index contributed by atoms with van der Waals surface area (Å²) < 4.78 is 6.44. The number of aryl methyl sites for hydroxylation is 1. The highest BCUT2D eigenvalue weighted by Crippen LogP contribution is 2.62. The van der Waals surface area contributed by atoms with E-state index in [1.165, 1.54) is 6.42 Å². The molecular weight excluding hydrogens is 468 g/mol. The third-order valence-corrected chi connectivity index (χ3v) is 8.90. The fraction of sp³-hybridized carbons (Fsp3) is 0.467. The second-order valence-electron chi connectivity index (χ2n) is 11.9. The number of aliphatic hydroxyl groups excluding tert-OH is 1. The van der Waals surface area contributed by atoms with Gasteiger partial charge in [-0.15, -0.1) is 0 Å². The Hall–Kier alpha value is -3.32. The number of hydrogen-bond donors (Lipinski definition) is 4. The smallest absolute Gasteiger partial charge is 0.337 e. The van der Waals surface area contributed by atoms with E-state index in [2.05, 4.69) is 10.6 Å². The minimum absolute atomic E-state index is 0.0214. The summed E-state index contributed by atoms with van der Waals surface area (Å²) in [5.74, 6) is 0.670. The molecule has 2 aromatic carbocycles. The summed E-state index contributed by atoms with van der Waals surface area (Å²) in [6.45, 7) is 4.10. The molecule has 37 heavy (non-hydrogen) atoms. The van der Waals surface area contributed by atoms with Crippen molar-refractivity contribution in [2.24, 2.45) is 17.3 Å². The van der Waals surface area contributed by atoms with Gasteiger partial charge in [-0.05, 0) is 93.4 Å². The van der Waals surface area contributed by atoms with E-state index in [-0.39, 0.29) is 34.6 Å². The van der Waals surface area contributed by atoms with E-state index in [0.717, 1.165) is 43.2 Å². The first kappa shape index (κ1) is 24.0. The van der Waals surface area contributed by atoms with E-state index in [4.69, 9.17) is 4.42 Å². The van der Waals surface area contributed by atoms with Gasteiger partial charge in [-0.25, -0.2) is 4.79 Å². The zero-order chi connectivity index (χ0) is 25.9. The van der Waals surface area contributed by atoms with Gasteiger partial charge in [-0.2, -0.15) is 0 Å². The Morgan fingerprint density at radius 3 is 2.57 bits per heavy atom. The molecule has 4 saturated carbocycles. The first-order valence-corrected chi connectivity index (χ1v) is 13.2. The van der Waals surface area contributed by atoms with Gasteiger partial charge in [0.1, 0.15) is 5.58 Å². The summed E-state index contributed by atoms with van der Waals surface area (Å²) in [5, 5.41) is 27.3. The number of aromatic carboxylic acids is 1. The number of nitrogens with one attached hydrogen (secondary N) is 2. The van der Waals surface area contributed by atoms with Gasteiger partial charge in [0.05, 0.1) is 17.0 Å². The average Bonchev–Trinajstić information content (AvgIpc) is 2.83. The number of carbonyl (C=O) groups is 1. The predicted molar refractivity (Wildman–Crippen MR) is 143 cm³/mol. The van der Waals surface area contributed by atoms with Gasteiger partial charge in [0.15, 0.2) is 11.3 Å². The SMILES string of the molecule is Cc1cc(C(C)Nc2ccccc2C(=O)O)c2oc(NC34CC5CC(CC(CO)(C5)C3)C4)cc(=O)c2c1. The van der Waals surface area contributed by atoms with Crippen LogP contribution in [0.15, 0.2) is 51.7 Å². The summed E-state index contributed by atoms with van der Waals surface area (Å²) in [6.07, 6.45) is 6.40. The fourth-order valence-electron chi connectivity index (χ4n) is 7.97. The Bertz CT molecular complexity index is 1430. The van der Waals surface area contributed by atoms with Crippen LogP contribution in [0, 0.1) is 24.2 Å². The number of hydrogen-bond acceptors (Lipinski definition) is 6. The van der Waals surface area contributed by atoms with Crippen LogP contribution in [0.1, 0.15) is 73.0 Å². The van der Waals surface area contributed by atoms with Crippen LogP contribution in [-0.2, 0) is 0 Å². The zero-order valence-corrected chi connectivity index (χ0v) is 21.3. The molecule has 0 saturated heterocycles. The molecule has 3 aromatic rings. The summed E-state index contributed by atoms with van der Waals surface area (Å²) >= 11 is 0. The summed E-state index contributed by atoms with van der Waals surface area (Å²) in [5.41, 5.74) is 2.66. The zero-order valence-electron chi connectivity index (χ0n) is 21.3. The molecule has 4 aliphatic carbocycles. The molecule has 3 unspecified atom stereocenters. The number of benzene rings is 2. The van der Waals surface area contributed by atoms with Crippen molar-refractivity contribution in [2.45, 2.75) is 64.0 Å². The van der Waals surface area contributed by atoms with Crippen LogP contribution in [0.2, 0.25) is 0 Å². The Morgan fingerprint density at radius 1 is 1.14 bits per heavy atom. The van der Waals surface area contributed by atoms with Crippen LogP contribution in [0.4, 0.5) is 11.6 Å². The highest BCUT2D eigenvalue weighted by molar-refractivity contribution is 5.94. The van der Waals surface area contributed by atoms with Crippen LogP contribution in [0.25, 0.3) is 11.0 Å². The highest BCUT2D eigenvalue weighted by Gasteiger charge is 2.57. The topological polar surface area (TPSA) is 112 Å². The molecule has 0 aliphatic heterocycles. The average molecular weight is 503 g/mol. The molecule has 0 radical (unpaired) electrons. The van der Waals surface area contributed by atoms with Gasteiger partial charge < -0.3 is 25.3 Å². The van der Waals surface area contributed by atoms with Gasteiger partial charge in [0.2, 0.25) is 0 Å². The molecule has 7 heteroatoms. The number of para-hydroxylation sites is 1. The van der Waals surface area contributed by atoms with Crippen LogP contribution in [0.3, 0.4) is 0 Å². The molecule has 194 valence electrons. The standard InChI is InChI=1S/C30H34N2O5/c1-17-7-22(18(2)31-24-6-4-3-5-21(24)28(35)36)27-23(8-17)25(34)10-26(37-27)32-30-13-19-9-20(14-30)12-29(11-19,15-30)16-33/h3-8,10,18-20,31-33H,9,11-16H2,1-2H3,(H,35,36). The Labute approximate surface area is 215 Å². The number of fused-ring (bicyclic) bond motifs is 1. The normalized spacial score (nSPS) is 28.8. The number of aliphatic hydroxyl groups is 1. The number of carboxylic acids is 1.